The number of nitrogens with zero attached hydrogens (tertiary/aromatic N) is 2. The highest BCUT2D eigenvalue weighted by atomic mass is 16.5. The van der Waals surface area contributed by atoms with E-state index in [-0.39, 0.29) is 5.89 Å². The molecule has 7 nitrogen and oxygen atoms in total. The molecule has 0 saturated carbocycles. The number of hydrogen-bond donors (Lipinski definition) is 2. The number of oxazole rings is 1. The summed E-state index contributed by atoms with van der Waals surface area (Å²) in [6.07, 6.45) is 8.01. The SMILES string of the molecule is O=C(/C=C/c1ncc(-c2ccc(OCCN3CCCCC3)cc2)o1)NO. The van der Waals surface area contributed by atoms with Crippen molar-refractivity contribution in [1.82, 2.24) is 15.4 Å². The summed E-state index contributed by atoms with van der Waals surface area (Å²) in [4.78, 5) is 17.5. The molecule has 1 aliphatic rings. The number of hydrogen-bond acceptors (Lipinski definition) is 6. The van der Waals surface area contributed by atoms with Gasteiger partial charge in [-0.15, -0.1) is 0 Å². The van der Waals surface area contributed by atoms with E-state index in [1.807, 2.05) is 24.3 Å². The number of ether oxygens (including phenoxy) is 1. The molecule has 0 spiro atoms. The van der Waals surface area contributed by atoms with Crippen LogP contribution in [0.3, 0.4) is 0 Å². The van der Waals surface area contributed by atoms with Crippen LogP contribution in [-0.4, -0.2) is 47.2 Å². The summed E-state index contributed by atoms with van der Waals surface area (Å²) in [6, 6.07) is 7.63. The summed E-state index contributed by atoms with van der Waals surface area (Å²) in [5.41, 5.74) is 2.37. The van der Waals surface area contributed by atoms with E-state index in [1.54, 1.807) is 6.20 Å². The predicted octanol–water partition coefficient (Wildman–Crippen LogP) is 2.72. The van der Waals surface area contributed by atoms with Gasteiger partial charge in [0, 0.05) is 24.3 Å². The van der Waals surface area contributed by atoms with Crippen molar-refractivity contribution in [2.24, 2.45) is 0 Å². The third kappa shape index (κ3) is 5.18. The van der Waals surface area contributed by atoms with Crippen LogP contribution in [0.15, 0.2) is 41.0 Å². The molecule has 7 heteroatoms. The van der Waals surface area contributed by atoms with Crippen LogP contribution in [0, 0.1) is 0 Å². The molecule has 1 aromatic carbocycles. The van der Waals surface area contributed by atoms with Gasteiger partial charge in [-0.2, -0.15) is 0 Å². The summed E-state index contributed by atoms with van der Waals surface area (Å²) < 4.78 is 11.4. The molecule has 0 radical (unpaired) electrons. The maximum Gasteiger partial charge on any atom is 0.267 e. The van der Waals surface area contributed by atoms with Gasteiger partial charge in [0.1, 0.15) is 12.4 Å². The van der Waals surface area contributed by atoms with Gasteiger partial charge in [-0.3, -0.25) is 14.9 Å². The number of hydroxylamine groups is 1. The Bertz CT molecular complexity index is 733. The summed E-state index contributed by atoms with van der Waals surface area (Å²) in [6.45, 7) is 3.99. The molecule has 1 aliphatic heterocycles. The van der Waals surface area contributed by atoms with Gasteiger partial charge in [0.15, 0.2) is 5.76 Å². The van der Waals surface area contributed by atoms with E-state index in [0.29, 0.717) is 12.4 Å². The largest absolute Gasteiger partial charge is 0.492 e. The van der Waals surface area contributed by atoms with Crippen molar-refractivity contribution in [2.75, 3.05) is 26.2 Å². The van der Waals surface area contributed by atoms with Crippen LogP contribution in [0.25, 0.3) is 17.4 Å². The van der Waals surface area contributed by atoms with E-state index in [0.717, 1.165) is 23.9 Å². The number of carbonyl (C=O) groups excluding carboxylic acids is 1. The molecular formula is C19H23N3O4. The highest BCUT2D eigenvalue weighted by molar-refractivity contribution is 5.90. The minimum atomic E-state index is -0.643. The van der Waals surface area contributed by atoms with Gasteiger partial charge in [-0.05, 0) is 50.2 Å². The van der Waals surface area contributed by atoms with Gasteiger partial charge in [0.05, 0.1) is 6.20 Å². The van der Waals surface area contributed by atoms with Gasteiger partial charge in [-0.1, -0.05) is 6.42 Å². The quantitative estimate of drug-likeness (QED) is 0.450. The fraction of sp³-hybridized carbons (Fsp3) is 0.368. The monoisotopic (exact) mass is 357 g/mol. The zero-order valence-corrected chi connectivity index (χ0v) is 14.6. The average Bonchev–Trinajstić information content (AvgIpc) is 3.16. The van der Waals surface area contributed by atoms with Gasteiger partial charge >= 0.3 is 0 Å². The molecule has 1 amide bonds. The van der Waals surface area contributed by atoms with Crippen molar-refractivity contribution < 1.29 is 19.2 Å². The lowest BCUT2D eigenvalue weighted by Crippen LogP contribution is -2.33. The van der Waals surface area contributed by atoms with Gasteiger partial charge in [-0.25, -0.2) is 10.5 Å². The molecule has 0 unspecified atom stereocenters. The third-order valence-electron chi connectivity index (χ3n) is 4.27. The van der Waals surface area contributed by atoms with Crippen LogP contribution in [0.1, 0.15) is 25.2 Å². The van der Waals surface area contributed by atoms with E-state index in [9.17, 15) is 4.79 Å². The minimum absolute atomic E-state index is 0.283. The number of aromatic nitrogens is 1. The van der Waals surface area contributed by atoms with Crippen LogP contribution < -0.4 is 10.2 Å². The number of nitrogens with one attached hydrogen (secondary N) is 1. The molecule has 0 bridgehead atoms. The molecule has 2 aromatic rings. The first-order chi connectivity index (χ1) is 12.7. The molecular weight excluding hydrogens is 334 g/mol. The Labute approximate surface area is 152 Å². The summed E-state index contributed by atoms with van der Waals surface area (Å²) in [5, 5.41) is 8.44. The molecule has 1 fully saturated rings. The zero-order valence-electron chi connectivity index (χ0n) is 14.6. The first kappa shape index (κ1) is 18.2. The van der Waals surface area contributed by atoms with Crippen LogP contribution in [0.2, 0.25) is 0 Å². The zero-order chi connectivity index (χ0) is 18.2. The fourth-order valence-electron chi connectivity index (χ4n) is 2.87. The van der Waals surface area contributed by atoms with Crippen LogP contribution >= 0.6 is 0 Å². The Morgan fingerprint density at radius 3 is 2.77 bits per heavy atom. The van der Waals surface area contributed by atoms with E-state index in [1.165, 1.54) is 43.9 Å². The Balaban J connectivity index is 1.51. The maximum atomic E-state index is 11.0. The maximum absolute atomic E-state index is 11.0. The summed E-state index contributed by atoms with van der Waals surface area (Å²) in [7, 11) is 0. The molecule has 26 heavy (non-hydrogen) atoms. The van der Waals surface area contributed by atoms with Crippen molar-refractivity contribution in [3.8, 4) is 17.1 Å². The Morgan fingerprint density at radius 2 is 2.04 bits per heavy atom. The van der Waals surface area contributed by atoms with Crippen molar-refractivity contribution in [3.63, 3.8) is 0 Å². The lowest BCUT2D eigenvalue weighted by molar-refractivity contribution is -0.124. The molecule has 2 heterocycles. The Morgan fingerprint density at radius 1 is 1.27 bits per heavy atom. The normalized spacial score (nSPS) is 15.3. The predicted molar refractivity (Wildman–Crippen MR) is 96.7 cm³/mol. The number of rotatable bonds is 7. The number of benzene rings is 1. The molecule has 2 N–H and O–H groups in total. The fourth-order valence-corrected chi connectivity index (χ4v) is 2.87. The lowest BCUT2D eigenvalue weighted by Gasteiger charge is -2.26. The lowest BCUT2D eigenvalue weighted by atomic mass is 10.1. The van der Waals surface area contributed by atoms with E-state index in [2.05, 4.69) is 9.88 Å². The van der Waals surface area contributed by atoms with Crippen LogP contribution in [0.5, 0.6) is 5.75 Å². The number of likely N-dealkylation sites (tertiary alicyclic amines) is 1. The molecule has 1 aromatic heterocycles. The summed E-state index contributed by atoms with van der Waals surface area (Å²) in [5.74, 6) is 1.06. The number of piperidine rings is 1. The smallest absolute Gasteiger partial charge is 0.267 e. The van der Waals surface area contributed by atoms with Gasteiger partial charge < -0.3 is 9.15 Å². The molecule has 138 valence electrons. The Hall–Kier alpha value is -2.64. The first-order valence-electron chi connectivity index (χ1n) is 8.78. The first-order valence-corrected chi connectivity index (χ1v) is 8.78. The van der Waals surface area contributed by atoms with Crippen molar-refractivity contribution in [2.45, 2.75) is 19.3 Å². The van der Waals surface area contributed by atoms with Crippen LogP contribution in [0.4, 0.5) is 0 Å². The van der Waals surface area contributed by atoms with E-state index < -0.39 is 5.91 Å². The molecule has 3 rings (SSSR count). The van der Waals surface area contributed by atoms with Gasteiger partial charge in [0.2, 0.25) is 5.89 Å². The second-order valence-electron chi connectivity index (χ2n) is 6.15. The summed E-state index contributed by atoms with van der Waals surface area (Å²) >= 11 is 0. The second kappa shape index (κ2) is 9.17. The topological polar surface area (TPSA) is 87.8 Å². The number of amides is 1. The van der Waals surface area contributed by atoms with Crippen LogP contribution in [-0.2, 0) is 4.79 Å². The highest BCUT2D eigenvalue weighted by Gasteiger charge is 2.10. The van der Waals surface area contributed by atoms with Crippen molar-refractivity contribution in [1.29, 1.82) is 0 Å². The molecule has 0 aliphatic carbocycles. The van der Waals surface area contributed by atoms with Crippen molar-refractivity contribution in [3.05, 3.63) is 42.4 Å². The standard InChI is InChI=1S/C19H23N3O4/c23-18(21-24)8-9-19-20-14-17(26-19)15-4-6-16(7-5-15)25-13-12-22-10-2-1-3-11-22/h4-9,14,24H,1-3,10-13H2,(H,21,23)/b9-8+. The molecule has 0 atom stereocenters. The minimum Gasteiger partial charge on any atom is -0.492 e. The number of carbonyl (C=O) groups is 1. The highest BCUT2D eigenvalue weighted by Crippen LogP contribution is 2.23. The van der Waals surface area contributed by atoms with Gasteiger partial charge in [0.25, 0.3) is 5.91 Å². The van der Waals surface area contributed by atoms with Crippen molar-refractivity contribution >= 4 is 12.0 Å². The van der Waals surface area contributed by atoms with E-state index in [4.69, 9.17) is 14.4 Å². The van der Waals surface area contributed by atoms with E-state index >= 15 is 0 Å². The second-order valence-corrected chi connectivity index (χ2v) is 6.15. The third-order valence-corrected chi connectivity index (χ3v) is 4.27. The molecule has 1 saturated heterocycles. The Kier molecular flexibility index (Phi) is 6.40. The average molecular weight is 357 g/mol.